The lowest BCUT2D eigenvalue weighted by Crippen LogP contribution is -2.53. The van der Waals surface area contributed by atoms with E-state index in [0.29, 0.717) is 12.8 Å². The van der Waals surface area contributed by atoms with Gasteiger partial charge in [-0.1, -0.05) is 25.7 Å². The fourth-order valence-corrected chi connectivity index (χ4v) is 3.23. The maximum absolute atomic E-state index is 11.9. The Morgan fingerprint density at radius 2 is 1.81 bits per heavy atom. The van der Waals surface area contributed by atoms with Crippen molar-refractivity contribution in [2.75, 3.05) is 13.7 Å². The van der Waals surface area contributed by atoms with Crippen LogP contribution in [0.2, 0.25) is 0 Å². The van der Waals surface area contributed by atoms with Crippen LogP contribution >= 0.6 is 0 Å². The first kappa shape index (κ1) is 16.1. The highest BCUT2D eigenvalue weighted by atomic mass is 16.5. The molecule has 0 atom stereocenters. The van der Waals surface area contributed by atoms with Crippen molar-refractivity contribution in [3.63, 3.8) is 0 Å². The predicted octanol–water partition coefficient (Wildman–Crippen LogP) is 1.89. The molecule has 0 bridgehead atoms. The first-order valence-corrected chi connectivity index (χ1v) is 7.86. The summed E-state index contributed by atoms with van der Waals surface area (Å²) in [6.07, 6.45) is 7.21. The lowest BCUT2D eigenvalue weighted by molar-refractivity contribution is -0.149. The summed E-state index contributed by atoms with van der Waals surface area (Å²) in [5, 5.41) is 15.2. The maximum Gasteiger partial charge on any atom is 0.315 e. The number of rotatable bonds is 5. The molecule has 0 aromatic carbocycles. The van der Waals surface area contributed by atoms with Crippen LogP contribution in [0.15, 0.2) is 0 Å². The van der Waals surface area contributed by atoms with E-state index in [2.05, 4.69) is 10.6 Å². The van der Waals surface area contributed by atoms with Crippen LogP contribution in [0, 0.1) is 5.41 Å². The number of ether oxygens (including phenoxy) is 1. The lowest BCUT2D eigenvalue weighted by Gasteiger charge is -2.35. The van der Waals surface area contributed by atoms with E-state index in [-0.39, 0.29) is 24.7 Å². The summed E-state index contributed by atoms with van der Waals surface area (Å²) >= 11 is 0. The second-order valence-electron chi connectivity index (χ2n) is 6.35. The molecule has 120 valence electrons. The van der Waals surface area contributed by atoms with Gasteiger partial charge in [-0.3, -0.25) is 4.79 Å². The summed E-state index contributed by atoms with van der Waals surface area (Å²) in [6.45, 7) is 0.217. The number of aliphatic carboxylic acids is 1. The molecule has 3 N–H and O–H groups in total. The molecule has 0 saturated heterocycles. The standard InChI is InChI=1S/C15H26N2O4/c1-21-12-8-11(9-12)17-14(20)16-10-15(13(18)19)6-4-2-3-5-7-15/h11-12H,2-10H2,1H3,(H,18,19)(H2,16,17,20). The largest absolute Gasteiger partial charge is 0.481 e. The number of hydrogen-bond donors (Lipinski definition) is 3. The number of urea groups is 1. The molecule has 0 aromatic heterocycles. The van der Waals surface area contributed by atoms with E-state index in [0.717, 1.165) is 38.5 Å². The highest BCUT2D eigenvalue weighted by Crippen LogP contribution is 2.34. The van der Waals surface area contributed by atoms with Gasteiger partial charge in [-0.2, -0.15) is 0 Å². The zero-order valence-electron chi connectivity index (χ0n) is 12.7. The van der Waals surface area contributed by atoms with Crippen LogP contribution in [0.25, 0.3) is 0 Å². The van der Waals surface area contributed by atoms with E-state index in [1.54, 1.807) is 7.11 Å². The van der Waals surface area contributed by atoms with Gasteiger partial charge in [0, 0.05) is 19.7 Å². The van der Waals surface area contributed by atoms with E-state index in [1.807, 2.05) is 0 Å². The van der Waals surface area contributed by atoms with Gasteiger partial charge in [0.1, 0.15) is 0 Å². The van der Waals surface area contributed by atoms with Gasteiger partial charge in [0.25, 0.3) is 0 Å². The van der Waals surface area contributed by atoms with Gasteiger partial charge < -0.3 is 20.5 Å². The average molecular weight is 298 g/mol. The van der Waals surface area contributed by atoms with Crippen LogP contribution in [0.1, 0.15) is 51.4 Å². The van der Waals surface area contributed by atoms with Gasteiger partial charge >= 0.3 is 12.0 Å². The van der Waals surface area contributed by atoms with Gasteiger partial charge in [-0.05, 0) is 25.7 Å². The predicted molar refractivity (Wildman–Crippen MR) is 78.1 cm³/mol. The second-order valence-corrected chi connectivity index (χ2v) is 6.35. The van der Waals surface area contributed by atoms with Crippen molar-refractivity contribution in [1.82, 2.24) is 10.6 Å². The molecule has 2 aliphatic carbocycles. The molecule has 2 aliphatic rings. The molecule has 21 heavy (non-hydrogen) atoms. The summed E-state index contributed by atoms with van der Waals surface area (Å²) in [6, 6.07) is -0.121. The Labute approximate surface area is 125 Å². The minimum atomic E-state index is -0.789. The topological polar surface area (TPSA) is 87.7 Å². The van der Waals surface area contributed by atoms with Crippen molar-refractivity contribution in [2.45, 2.75) is 63.5 Å². The molecule has 6 nitrogen and oxygen atoms in total. The monoisotopic (exact) mass is 298 g/mol. The first-order chi connectivity index (χ1) is 10.1. The number of carbonyl (C=O) groups excluding carboxylic acids is 1. The van der Waals surface area contributed by atoms with E-state index in [1.165, 1.54) is 0 Å². The Kier molecular flexibility index (Phi) is 5.45. The van der Waals surface area contributed by atoms with Crippen LogP contribution in [0.5, 0.6) is 0 Å². The molecule has 2 saturated carbocycles. The molecular formula is C15H26N2O4. The molecule has 2 fully saturated rings. The summed E-state index contributed by atoms with van der Waals surface area (Å²) in [5.41, 5.74) is -0.789. The summed E-state index contributed by atoms with van der Waals surface area (Å²) in [5.74, 6) is -0.784. The molecule has 0 radical (unpaired) electrons. The van der Waals surface area contributed by atoms with Crippen LogP contribution in [-0.2, 0) is 9.53 Å². The van der Waals surface area contributed by atoms with Crippen molar-refractivity contribution in [2.24, 2.45) is 5.41 Å². The highest BCUT2D eigenvalue weighted by Gasteiger charge is 2.39. The molecule has 2 rings (SSSR count). The summed E-state index contributed by atoms with van der Waals surface area (Å²) in [4.78, 5) is 23.5. The Balaban J connectivity index is 1.78. The Bertz CT molecular complexity index is 372. The van der Waals surface area contributed by atoms with Crippen LogP contribution in [0.4, 0.5) is 4.79 Å². The number of carboxylic acid groups (broad SMARTS) is 1. The number of hydrogen-bond acceptors (Lipinski definition) is 3. The van der Waals surface area contributed by atoms with Gasteiger partial charge in [-0.15, -0.1) is 0 Å². The maximum atomic E-state index is 11.9. The third-order valence-corrected chi connectivity index (χ3v) is 4.87. The van der Waals surface area contributed by atoms with Crippen molar-refractivity contribution >= 4 is 12.0 Å². The smallest absolute Gasteiger partial charge is 0.315 e. The second kappa shape index (κ2) is 7.11. The van der Waals surface area contributed by atoms with E-state index < -0.39 is 11.4 Å². The van der Waals surface area contributed by atoms with Gasteiger partial charge in [0.05, 0.1) is 11.5 Å². The Morgan fingerprint density at radius 1 is 1.19 bits per heavy atom. The van der Waals surface area contributed by atoms with Crippen molar-refractivity contribution < 1.29 is 19.4 Å². The summed E-state index contributed by atoms with van der Waals surface area (Å²) < 4.78 is 5.17. The van der Waals surface area contributed by atoms with Gasteiger partial charge in [0.2, 0.25) is 0 Å². The summed E-state index contributed by atoms with van der Waals surface area (Å²) in [7, 11) is 1.67. The van der Waals surface area contributed by atoms with Crippen LogP contribution < -0.4 is 10.6 Å². The van der Waals surface area contributed by atoms with E-state index in [4.69, 9.17) is 4.74 Å². The fourth-order valence-electron chi connectivity index (χ4n) is 3.23. The van der Waals surface area contributed by atoms with Crippen LogP contribution in [0.3, 0.4) is 0 Å². The van der Waals surface area contributed by atoms with Crippen molar-refractivity contribution in [1.29, 1.82) is 0 Å². The molecule has 0 unspecified atom stereocenters. The average Bonchev–Trinajstić information content (AvgIpc) is 2.66. The van der Waals surface area contributed by atoms with Gasteiger partial charge in [-0.25, -0.2) is 4.79 Å². The molecule has 2 amide bonds. The number of nitrogens with one attached hydrogen (secondary N) is 2. The Hall–Kier alpha value is -1.30. The third-order valence-electron chi connectivity index (χ3n) is 4.87. The first-order valence-electron chi connectivity index (χ1n) is 7.86. The zero-order valence-corrected chi connectivity index (χ0v) is 12.7. The SMILES string of the molecule is COC1CC(NC(=O)NCC2(C(=O)O)CCCCCC2)C1. The normalized spacial score (nSPS) is 28.0. The minimum absolute atomic E-state index is 0.143. The number of carbonyl (C=O) groups is 2. The molecule has 0 heterocycles. The van der Waals surface area contributed by atoms with E-state index in [9.17, 15) is 14.7 Å². The number of methoxy groups -OCH3 is 1. The van der Waals surface area contributed by atoms with Crippen molar-refractivity contribution in [3.05, 3.63) is 0 Å². The lowest BCUT2D eigenvalue weighted by atomic mass is 9.80. The number of amides is 2. The highest BCUT2D eigenvalue weighted by molar-refractivity contribution is 5.78. The fraction of sp³-hybridized carbons (Fsp3) is 0.867. The molecule has 0 aromatic rings. The number of carboxylic acids is 1. The van der Waals surface area contributed by atoms with Crippen LogP contribution in [-0.4, -0.2) is 42.9 Å². The quantitative estimate of drug-likeness (QED) is 0.676. The minimum Gasteiger partial charge on any atom is -0.481 e. The molecular weight excluding hydrogens is 272 g/mol. The van der Waals surface area contributed by atoms with Gasteiger partial charge in [0.15, 0.2) is 0 Å². The molecule has 0 aliphatic heterocycles. The third kappa shape index (κ3) is 4.09. The van der Waals surface area contributed by atoms with Crippen molar-refractivity contribution in [3.8, 4) is 0 Å². The molecule has 6 heteroatoms. The Morgan fingerprint density at radius 3 is 2.33 bits per heavy atom. The van der Waals surface area contributed by atoms with E-state index >= 15 is 0 Å². The molecule has 0 spiro atoms. The zero-order chi connectivity index (χ0) is 15.3.